The maximum atomic E-state index is 13.1. The minimum atomic E-state index is -5.91. The molecule has 0 spiro atoms. The Labute approximate surface area is 166 Å². The Hall–Kier alpha value is -2.45. The first-order chi connectivity index (χ1) is 13.6. The summed E-state index contributed by atoms with van der Waals surface area (Å²) in [5.74, 6) is 0. The molecular formula is C21H15F6OS+. The molecule has 1 N–H and O–H groups in total. The summed E-state index contributed by atoms with van der Waals surface area (Å²) in [5.41, 5.74) is -6.21. The maximum Gasteiger partial charge on any atom is 0.430 e. The molecule has 0 atom stereocenters. The Morgan fingerprint density at radius 1 is 0.517 bits per heavy atom. The molecule has 152 valence electrons. The molecule has 0 aliphatic heterocycles. The minimum Gasteiger partial charge on any atom is -0.369 e. The molecule has 1 nitrogen and oxygen atoms in total. The Morgan fingerprint density at radius 3 is 1.21 bits per heavy atom. The van der Waals surface area contributed by atoms with Crippen LogP contribution >= 0.6 is 0 Å². The zero-order chi connectivity index (χ0) is 21.3. The van der Waals surface area contributed by atoms with E-state index in [9.17, 15) is 31.4 Å². The molecule has 0 amide bonds. The second-order valence-corrected chi connectivity index (χ2v) is 8.19. The van der Waals surface area contributed by atoms with Gasteiger partial charge in [-0.25, -0.2) is 0 Å². The number of hydrogen-bond acceptors (Lipinski definition) is 1. The van der Waals surface area contributed by atoms with E-state index in [1.54, 1.807) is 24.3 Å². The van der Waals surface area contributed by atoms with Gasteiger partial charge in [0.15, 0.2) is 14.7 Å². The SMILES string of the molecule is OC(c1ccc([S+](c2ccccc2)c2ccccc2)cc1)(C(F)(F)F)C(F)(F)F. The van der Waals surface area contributed by atoms with Gasteiger partial charge >= 0.3 is 12.4 Å². The van der Waals surface area contributed by atoms with E-state index < -0.39 is 34.4 Å². The highest BCUT2D eigenvalue weighted by Crippen LogP contribution is 2.50. The average Bonchev–Trinajstić information content (AvgIpc) is 2.68. The normalized spacial score (nSPS) is 13.0. The number of hydrogen-bond donors (Lipinski definition) is 1. The van der Waals surface area contributed by atoms with Crippen LogP contribution in [0.2, 0.25) is 0 Å². The van der Waals surface area contributed by atoms with Crippen LogP contribution in [0, 0.1) is 0 Å². The zero-order valence-electron chi connectivity index (χ0n) is 14.7. The summed E-state index contributed by atoms with van der Waals surface area (Å²) in [6.45, 7) is 0. The smallest absolute Gasteiger partial charge is 0.369 e. The minimum absolute atomic E-state index is 0.526. The van der Waals surface area contributed by atoms with Crippen LogP contribution in [-0.2, 0) is 16.5 Å². The Balaban J connectivity index is 2.09. The van der Waals surface area contributed by atoms with E-state index in [-0.39, 0.29) is 0 Å². The predicted molar refractivity (Wildman–Crippen MR) is 97.5 cm³/mol. The molecule has 0 aliphatic rings. The molecule has 3 aromatic rings. The standard InChI is InChI=1S/C21H15F6OS/c22-20(23,24)19(28,21(25,26)27)15-11-13-18(14-12-15)29(16-7-3-1-4-8-16)17-9-5-2-6-10-17/h1-14,28H/q+1. The van der Waals surface area contributed by atoms with Gasteiger partial charge in [0.05, 0.1) is 10.9 Å². The molecule has 0 unspecified atom stereocenters. The fraction of sp³-hybridized carbons (Fsp3) is 0.143. The number of benzene rings is 3. The van der Waals surface area contributed by atoms with Crippen molar-refractivity contribution in [1.29, 1.82) is 0 Å². The number of rotatable bonds is 4. The van der Waals surface area contributed by atoms with Crippen molar-refractivity contribution in [3.8, 4) is 0 Å². The topological polar surface area (TPSA) is 20.2 Å². The molecule has 0 saturated heterocycles. The molecule has 0 saturated carbocycles. The van der Waals surface area contributed by atoms with E-state index in [4.69, 9.17) is 0 Å². The Morgan fingerprint density at radius 2 is 0.862 bits per heavy atom. The van der Waals surface area contributed by atoms with E-state index in [2.05, 4.69) is 0 Å². The van der Waals surface area contributed by atoms with Crippen molar-refractivity contribution < 1.29 is 31.4 Å². The highest BCUT2D eigenvalue weighted by Gasteiger charge is 2.71. The molecule has 0 aromatic heterocycles. The molecule has 0 bridgehead atoms. The summed E-state index contributed by atoms with van der Waals surface area (Å²) in [6, 6.07) is 22.0. The molecule has 29 heavy (non-hydrogen) atoms. The molecule has 0 aliphatic carbocycles. The van der Waals surface area contributed by atoms with Crippen LogP contribution in [0.15, 0.2) is 99.6 Å². The van der Waals surface area contributed by atoms with Gasteiger partial charge in [-0.15, -0.1) is 0 Å². The third-order valence-corrected chi connectivity index (χ3v) is 6.52. The van der Waals surface area contributed by atoms with Gasteiger partial charge in [0, 0.05) is 5.56 Å². The monoisotopic (exact) mass is 429 g/mol. The molecule has 3 rings (SSSR count). The van der Waals surface area contributed by atoms with E-state index >= 15 is 0 Å². The summed E-state index contributed by atoms with van der Waals surface area (Å²) in [5, 5.41) is 9.57. The maximum absolute atomic E-state index is 13.1. The highest BCUT2D eigenvalue weighted by molar-refractivity contribution is 7.97. The number of halogens is 6. The summed E-state index contributed by atoms with van der Waals surface area (Å²) in [7, 11) is -0.736. The van der Waals surface area contributed by atoms with Crippen molar-refractivity contribution in [2.75, 3.05) is 0 Å². The van der Waals surface area contributed by atoms with Crippen molar-refractivity contribution in [3.63, 3.8) is 0 Å². The van der Waals surface area contributed by atoms with Crippen LogP contribution in [-0.4, -0.2) is 17.5 Å². The first kappa shape index (κ1) is 21.3. The van der Waals surface area contributed by atoms with E-state index in [1.165, 1.54) is 12.1 Å². The molecule has 3 aromatic carbocycles. The van der Waals surface area contributed by atoms with Crippen LogP contribution in [0.5, 0.6) is 0 Å². The zero-order valence-corrected chi connectivity index (χ0v) is 15.5. The van der Waals surface area contributed by atoms with Gasteiger partial charge in [-0.3, -0.25) is 0 Å². The fourth-order valence-corrected chi connectivity index (χ4v) is 4.93. The Bertz CT molecular complexity index is 883. The quantitative estimate of drug-likeness (QED) is 0.393. The number of alkyl halides is 6. The summed E-state index contributed by atoms with van der Waals surface area (Å²) < 4.78 is 78.6. The second-order valence-electron chi connectivity index (χ2n) is 6.16. The van der Waals surface area contributed by atoms with Gasteiger partial charge in [-0.05, 0) is 36.4 Å². The predicted octanol–water partition coefficient (Wildman–Crippen LogP) is 6.09. The van der Waals surface area contributed by atoms with Crippen molar-refractivity contribution in [2.45, 2.75) is 32.6 Å². The third-order valence-electron chi connectivity index (χ3n) is 4.29. The fourth-order valence-electron chi connectivity index (χ4n) is 2.84. The molecule has 8 heteroatoms. The van der Waals surface area contributed by atoms with Gasteiger partial charge in [-0.2, -0.15) is 26.3 Å². The summed E-state index contributed by atoms with van der Waals surface area (Å²) in [4.78, 5) is 2.24. The van der Waals surface area contributed by atoms with Crippen molar-refractivity contribution >= 4 is 10.9 Å². The van der Waals surface area contributed by atoms with Crippen molar-refractivity contribution in [1.82, 2.24) is 0 Å². The lowest BCUT2D eigenvalue weighted by molar-refractivity contribution is -0.376. The second kappa shape index (κ2) is 7.76. The molecule has 0 heterocycles. The lowest BCUT2D eigenvalue weighted by Gasteiger charge is -2.32. The van der Waals surface area contributed by atoms with E-state index in [0.717, 1.165) is 9.79 Å². The van der Waals surface area contributed by atoms with Crippen molar-refractivity contribution in [3.05, 3.63) is 90.5 Å². The van der Waals surface area contributed by atoms with Gasteiger partial charge in [-0.1, -0.05) is 48.5 Å². The summed E-state index contributed by atoms with van der Waals surface area (Å²) >= 11 is 0. The molecular weight excluding hydrogens is 414 g/mol. The van der Waals surface area contributed by atoms with Crippen LogP contribution in [0.25, 0.3) is 0 Å². The first-order valence-electron chi connectivity index (χ1n) is 8.36. The summed E-state index contributed by atoms with van der Waals surface area (Å²) in [6.07, 6.45) is -11.8. The number of aliphatic hydroxyl groups is 1. The van der Waals surface area contributed by atoms with Gasteiger partial charge in [0.25, 0.3) is 5.60 Å². The van der Waals surface area contributed by atoms with Gasteiger partial charge in [0.2, 0.25) is 0 Å². The lowest BCUT2D eigenvalue weighted by Crippen LogP contribution is -2.53. The van der Waals surface area contributed by atoms with Crippen LogP contribution < -0.4 is 0 Å². The van der Waals surface area contributed by atoms with E-state index in [1.807, 2.05) is 36.4 Å². The first-order valence-corrected chi connectivity index (χ1v) is 9.59. The Kier molecular flexibility index (Phi) is 5.69. The lowest BCUT2D eigenvalue weighted by atomic mass is 9.92. The third kappa shape index (κ3) is 4.00. The highest BCUT2D eigenvalue weighted by atomic mass is 32.2. The van der Waals surface area contributed by atoms with Gasteiger partial charge in [0.1, 0.15) is 0 Å². The molecule has 0 fully saturated rings. The van der Waals surface area contributed by atoms with E-state index in [0.29, 0.717) is 17.0 Å². The average molecular weight is 429 g/mol. The van der Waals surface area contributed by atoms with Crippen molar-refractivity contribution in [2.24, 2.45) is 0 Å². The van der Waals surface area contributed by atoms with Crippen LogP contribution in [0.1, 0.15) is 5.56 Å². The van der Waals surface area contributed by atoms with Crippen LogP contribution in [0.3, 0.4) is 0 Å². The van der Waals surface area contributed by atoms with Crippen LogP contribution in [0.4, 0.5) is 26.3 Å². The molecule has 0 radical (unpaired) electrons. The largest absolute Gasteiger partial charge is 0.430 e. The van der Waals surface area contributed by atoms with Gasteiger partial charge < -0.3 is 5.11 Å².